The standard InChI is InChI=1S/C11H23N3O/c1-3-7-14(10-5-6-10)9(4-2)8-11(12)13-15/h9-10,15H,3-8H2,1-2H3,(H2,12,13). The molecule has 1 rings (SSSR count). The highest BCUT2D eigenvalue weighted by molar-refractivity contribution is 5.80. The molecule has 0 radical (unpaired) electrons. The van der Waals surface area contributed by atoms with E-state index in [0.29, 0.717) is 18.3 Å². The zero-order valence-electron chi connectivity index (χ0n) is 9.82. The summed E-state index contributed by atoms with van der Waals surface area (Å²) in [6.45, 7) is 5.49. The Morgan fingerprint density at radius 2 is 2.20 bits per heavy atom. The van der Waals surface area contributed by atoms with Crippen molar-refractivity contribution in [3.63, 3.8) is 0 Å². The van der Waals surface area contributed by atoms with Crippen molar-refractivity contribution in [1.82, 2.24) is 4.90 Å². The maximum atomic E-state index is 8.59. The zero-order chi connectivity index (χ0) is 11.3. The Kier molecular flexibility index (Phi) is 4.88. The smallest absolute Gasteiger partial charge is 0.140 e. The summed E-state index contributed by atoms with van der Waals surface area (Å²) in [7, 11) is 0. The van der Waals surface area contributed by atoms with Crippen LogP contribution in [0.15, 0.2) is 5.16 Å². The number of hydrogen-bond acceptors (Lipinski definition) is 3. The van der Waals surface area contributed by atoms with Gasteiger partial charge < -0.3 is 10.9 Å². The van der Waals surface area contributed by atoms with Gasteiger partial charge in [0.15, 0.2) is 0 Å². The van der Waals surface area contributed by atoms with Gasteiger partial charge in [0.2, 0.25) is 0 Å². The summed E-state index contributed by atoms with van der Waals surface area (Å²) in [5.41, 5.74) is 5.58. The Hall–Kier alpha value is -0.770. The molecule has 0 aromatic carbocycles. The van der Waals surface area contributed by atoms with Crippen molar-refractivity contribution in [3.05, 3.63) is 0 Å². The van der Waals surface area contributed by atoms with Crippen molar-refractivity contribution in [2.24, 2.45) is 10.9 Å². The predicted molar refractivity (Wildman–Crippen MR) is 62.1 cm³/mol. The fraction of sp³-hybridized carbons (Fsp3) is 0.909. The molecule has 15 heavy (non-hydrogen) atoms. The van der Waals surface area contributed by atoms with Crippen molar-refractivity contribution in [3.8, 4) is 0 Å². The van der Waals surface area contributed by atoms with E-state index in [1.807, 2.05) is 0 Å². The van der Waals surface area contributed by atoms with E-state index in [1.54, 1.807) is 0 Å². The molecule has 1 aliphatic carbocycles. The summed E-state index contributed by atoms with van der Waals surface area (Å²) < 4.78 is 0. The molecule has 0 heterocycles. The van der Waals surface area contributed by atoms with E-state index in [2.05, 4.69) is 23.9 Å². The third-order valence-corrected chi connectivity index (χ3v) is 3.01. The average molecular weight is 213 g/mol. The summed E-state index contributed by atoms with van der Waals surface area (Å²) in [6.07, 6.45) is 5.54. The fourth-order valence-corrected chi connectivity index (χ4v) is 2.11. The van der Waals surface area contributed by atoms with Crippen LogP contribution >= 0.6 is 0 Å². The molecule has 0 amide bonds. The number of hydrogen-bond donors (Lipinski definition) is 2. The van der Waals surface area contributed by atoms with Gasteiger partial charge in [0.1, 0.15) is 5.84 Å². The van der Waals surface area contributed by atoms with Gasteiger partial charge in [-0.05, 0) is 32.2 Å². The molecule has 3 N–H and O–H groups in total. The van der Waals surface area contributed by atoms with Crippen LogP contribution < -0.4 is 5.73 Å². The van der Waals surface area contributed by atoms with Crippen LogP contribution in [-0.2, 0) is 0 Å². The molecular weight excluding hydrogens is 190 g/mol. The molecule has 1 fully saturated rings. The highest BCUT2D eigenvalue weighted by Gasteiger charge is 2.32. The fourth-order valence-electron chi connectivity index (χ4n) is 2.11. The Balaban J connectivity index is 2.52. The molecule has 0 aromatic rings. The first-order valence-electron chi connectivity index (χ1n) is 5.95. The monoisotopic (exact) mass is 213 g/mol. The third kappa shape index (κ3) is 3.70. The first-order chi connectivity index (χ1) is 7.22. The topological polar surface area (TPSA) is 61.8 Å². The number of amidine groups is 1. The molecule has 4 nitrogen and oxygen atoms in total. The lowest BCUT2D eigenvalue weighted by atomic mass is 10.1. The van der Waals surface area contributed by atoms with Crippen LogP contribution in [0, 0.1) is 0 Å². The highest BCUT2D eigenvalue weighted by atomic mass is 16.4. The summed E-state index contributed by atoms with van der Waals surface area (Å²) >= 11 is 0. The van der Waals surface area contributed by atoms with Gasteiger partial charge in [-0.3, -0.25) is 4.90 Å². The summed E-state index contributed by atoms with van der Waals surface area (Å²) in [5, 5.41) is 11.7. The van der Waals surface area contributed by atoms with E-state index >= 15 is 0 Å². The summed E-state index contributed by atoms with van der Waals surface area (Å²) in [4.78, 5) is 2.53. The first kappa shape index (κ1) is 12.3. The van der Waals surface area contributed by atoms with Gasteiger partial charge >= 0.3 is 0 Å². The minimum atomic E-state index is 0.351. The SMILES string of the molecule is CCCN(C1CC1)C(CC)C/C(N)=N/O. The van der Waals surface area contributed by atoms with E-state index in [1.165, 1.54) is 19.3 Å². The summed E-state index contributed by atoms with van der Waals surface area (Å²) in [5.74, 6) is 0.351. The van der Waals surface area contributed by atoms with Crippen LogP contribution in [0.5, 0.6) is 0 Å². The highest BCUT2D eigenvalue weighted by Crippen LogP contribution is 2.30. The van der Waals surface area contributed by atoms with Crippen LogP contribution in [0.25, 0.3) is 0 Å². The minimum Gasteiger partial charge on any atom is -0.409 e. The third-order valence-electron chi connectivity index (χ3n) is 3.01. The van der Waals surface area contributed by atoms with Crippen LogP contribution in [0.4, 0.5) is 0 Å². The predicted octanol–water partition coefficient (Wildman–Crippen LogP) is 1.78. The second-order valence-electron chi connectivity index (χ2n) is 4.33. The van der Waals surface area contributed by atoms with E-state index in [9.17, 15) is 0 Å². The average Bonchev–Trinajstić information content (AvgIpc) is 3.06. The molecule has 0 aliphatic heterocycles. The van der Waals surface area contributed by atoms with E-state index < -0.39 is 0 Å². The second kappa shape index (κ2) is 5.95. The number of rotatable bonds is 7. The Bertz CT molecular complexity index is 214. The van der Waals surface area contributed by atoms with Gasteiger partial charge in [-0.2, -0.15) is 0 Å². The molecule has 1 aliphatic rings. The molecule has 0 aromatic heterocycles. The Labute approximate surface area is 92.1 Å². The van der Waals surface area contributed by atoms with Crippen LogP contribution in [0.2, 0.25) is 0 Å². The maximum Gasteiger partial charge on any atom is 0.140 e. The normalized spacial score (nSPS) is 19.5. The molecule has 1 unspecified atom stereocenters. The van der Waals surface area contributed by atoms with Crippen molar-refractivity contribution in [2.75, 3.05) is 6.54 Å². The first-order valence-corrected chi connectivity index (χ1v) is 5.95. The maximum absolute atomic E-state index is 8.59. The van der Waals surface area contributed by atoms with Crippen molar-refractivity contribution < 1.29 is 5.21 Å². The molecular formula is C11H23N3O. The quantitative estimate of drug-likeness (QED) is 0.293. The molecule has 1 atom stereocenters. The largest absolute Gasteiger partial charge is 0.409 e. The molecule has 0 bridgehead atoms. The lowest BCUT2D eigenvalue weighted by molar-refractivity contribution is 0.183. The van der Waals surface area contributed by atoms with Crippen LogP contribution in [-0.4, -0.2) is 34.6 Å². The molecule has 1 saturated carbocycles. The van der Waals surface area contributed by atoms with Crippen LogP contribution in [0.3, 0.4) is 0 Å². The van der Waals surface area contributed by atoms with Gasteiger partial charge in [0.25, 0.3) is 0 Å². The molecule has 88 valence electrons. The summed E-state index contributed by atoms with van der Waals surface area (Å²) in [6, 6.07) is 1.19. The lowest BCUT2D eigenvalue weighted by Gasteiger charge is -2.30. The van der Waals surface area contributed by atoms with E-state index in [4.69, 9.17) is 10.9 Å². The van der Waals surface area contributed by atoms with Crippen LogP contribution in [0.1, 0.15) is 46.0 Å². The second-order valence-corrected chi connectivity index (χ2v) is 4.33. The van der Waals surface area contributed by atoms with Gasteiger partial charge in [0.05, 0.1) is 0 Å². The van der Waals surface area contributed by atoms with Gasteiger partial charge in [-0.1, -0.05) is 19.0 Å². The van der Waals surface area contributed by atoms with E-state index in [-0.39, 0.29) is 0 Å². The zero-order valence-corrected chi connectivity index (χ0v) is 9.82. The number of oxime groups is 1. The molecule has 4 heteroatoms. The Morgan fingerprint density at radius 1 is 1.53 bits per heavy atom. The van der Waals surface area contributed by atoms with Crippen molar-refractivity contribution in [2.45, 2.75) is 58.0 Å². The number of nitrogens with zero attached hydrogens (tertiary/aromatic N) is 2. The lowest BCUT2D eigenvalue weighted by Crippen LogP contribution is -2.40. The molecule has 0 spiro atoms. The van der Waals surface area contributed by atoms with Gasteiger partial charge in [-0.15, -0.1) is 0 Å². The van der Waals surface area contributed by atoms with Crippen molar-refractivity contribution in [1.29, 1.82) is 0 Å². The van der Waals surface area contributed by atoms with E-state index in [0.717, 1.165) is 19.0 Å². The van der Waals surface area contributed by atoms with Gasteiger partial charge in [-0.25, -0.2) is 0 Å². The molecule has 0 saturated heterocycles. The minimum absolute atomic E-state index is 0.351. The van der Waals surface area contributed by atoms with Gasteiger partial charge in [0, 0.05) is 18.5 Å². The van der Waals surface area contributed by atoms with Crippen molar-refractivity contribution >= 4 is 5.84 Å². The Morgan fingerprint density at radius 3 is 2.60 bits per heavy atom. The number of nitrogens with two attached hydrogens (primary N) is 1.